The Labute approximate surface area is 151 Å². The lowest BCUT2D eigenvalue weighted by Gasteiger charge is -2.20. The average molecular weight is 383 g/mol. The van der Waals surface area contributed by atoms with Crippen LogP contribution in [0, 0.1) is 0 Å². The zero-order valence-corrected chi connectivity index (χ0v) is 14.4. The summed E-state index contributed by atoms with van der Waals surface area (Å²) < 4.78 is 40.4. The Morgan fingerprint density at radius 2 is 2.04 bits per heavy atom. The van der Waals surface area contributed by atoms with Crippen LogP contribution in [-0.4, -0.2) is 35.4 Å². The van der Waals surface area contributed by atoms with E-state index >= 15 is 0 Å². The molecule has 0 spiro atoms. The van der Waals surface area contributed by atoms with E-state index in [1.807, 2.05) is 0 Å². The zero-order valence-electron chi connectivity index (χ0n) is 13.5. The first-order valence-electron chi connectivity index (χ1n) is 8.26. The number of thiazole rings is 1. The van der Waals surface area contributed by atoms with Gasteiger partial charge in [-0.15, -0.1) is 24.5 Å². The highest BCUT2D eigenvalue weighted by Crippen LogP contribution is 2.31. The first kappa shape index (κ1) is 17.3. The van der Waals surface area contributed by atoms with E-state index in [4.69, 9.17) is 0 Å². The van der Waals surface area contributed by atoms with Crippen LogP contribution in [0.2, 0.25) is 0 Å². The van der Waals surface area contributed by atoms with Gasteiger partial charge in [0, 0.05) is 23.7 Å². The Morgan fingerprint density at radius 3 is 2.65 bits per heavy atom. The van der Waals surface area contributed by atoms with Gasteiger partial charge >= 0.3 is 6.36 Å². The molecule has 3 heterocycles. The molecule has 2 N–H and O–H groups in total. The molecular weight excluding hydrogens is 367 g/mol. The van der Waals surface area contributed by atoms with E-state index in [0.717, 1.165) is 19.3 Å². The lowest BCUT2D eigenvalue weighted by atomic mass is 9.95. The van der Waals surface area contributed by atoms with E-state index in [0.29, 0.717) is 27.5 Å². The molecule has 0 radical (unpaired) electrons. The molecule has 1 aromatic heterocycles. The quantitative estimate of drug-likeness (QED) is 0.850. The molecule has 26 heavy (non-hydrogen) atoms. The number of alkyl halides is 3. The summed E-state index contributed by atoms with van der Waals surface area (Å²) in [5, 5.41) is 7.09. The molecule has 0 aliphatic carbocycles. The van der Waals surface area contributed by atoms with Crippen molar-refractivity contribution in [3.63, 3.8) is 0 Å². The lowest BCUT2D eigenvalue weighted by Crippen LogP contribution is -2.42. The van der Waals surface area contributed by atoms with Gasteiger partial charge in [0.1, 0.15) is 15.6 Å². The van der Waals surface area contributed by atoms with Gasteiger partial charge in [0.25, 0.3) is 5.91 Å². The maximum atomic E-state index is 12.4. The minimum Gasteiger partial charge on any atom is -0.406 e. The van der Waals surface area contributed by atoms with Gasteiger partial charge in [-0.05, 0) is 43.5 Å². The van der Waals surface area contributed by atoms with Crippen molar-refractivity contribution in [1.29, 1.82) is 0 Å². The fraction of sp³-hybridized carbons (Fsp3) is 0.412. The Hall–Kier alpha value is -2.13. The third-order valence-electron chi connectivity index (χ3n) is 4.68. The molecule has 2 aliphatic rings. The van der Waals surface area contributed by atoms with Crippen LogP contribution in [0.15, 0.2) is 30.5 Å². The third kappa shape index (κ3) is 3.68. The molecule has 1 aromatic carbocycles. The molecule has 4 rings (SSSR count). The van der Waals surface area contributed by atoms with Crippen LogP contribution in [0.5, 0.6) is 5.75 Å². The predicted molar refractivity (Wildman–Crippen MR) is 90.0 cm³/mol. The smallest absolute Gasteiger partial charge is 0.406 e. The van der Waals surface area contributed by atoms with E-state index in [2.05, 4.69) is 20.4 Å². The van der Waals surface area contributed by atoms with E-state index in [-0.39, 0.29) is 17.7 Å². The maximum absolute atomic E-state index is 12.4. The van der Waals surface area contributed by atoms with Crippen molar-refractivity contribution < 1.29 is 22.7 Å². The minimum absolute atomic E-state index is 0.144. The topological polar surface area (TPSA) is 63.2 Å². The van der Waals surface area contributed by atoms with Gasteiger partial charge in [0.05, 0.1) is 6.20 Å². The number of amides is 1. The highest BCUT2D eigenvalue weighted by atomic mass is 32.1. The normalized spacial score (nSPS) is 24.7. The molecule has 2 bridgehead atoms. The number of hydrogen-bond donors (Lipinski definition) is 2. The summed E-state index contributed by atoms with van der Waals surface area (Å²) in [6.07, 6.45) is -0.0347. The Balaban J connectivity index is 1.41. The molecule has 2 fully saturated rings. The third-order valence-corrected chi connectivity index (χ3v) is 5.73. The van der Waals surface area contributed by atoms with Crippen molar-refractivity contribution in [2.45, 2.75) is 43.8 Å². The standard InChI is InChI=1S/C17H16F3N3O2S/c18-17(19,20)25-11-4-1-9(2-5-11)16-21-8-14(26-16)15(24)23-13-7-10-3-6-12(13)22-10/h1-2,4-5,8,10,12-13,22H,3,6-7H2,(H,23,24)/t10-,12+,13-/m1/s1. The number of nitrogens with zero attached hydrogens (tertiary/aromatic N) is 1. The lowest BCUT2D eigenvalue weighted by molar-refractivity contribution is -0.274. The molecule has 2 saturated heterocycles. The molecule has 3 atom stereocenters. The van der Waals surface area contributed by atoms with Gasteiger partial charge in [-0.25, -0.2) is 4.98 Å². The van der Waals surface area contributed by atoms with Crippen LogP contribution >= 0.6 is 11.3 Å². The molecule has 9 heteroatoms. The number of benzene rings is 1. The maximum Gasteiger partial charge on any atom is 0.573 e. The van der Waals surface area contributed by atoms with Gasteiger partial charge in [-0.1, -0.05) is 0 Å². The van der Waals surface area contributed by atoms with Crippen LogP contribution in [-0.2, 0) is 0 Å². The van der Waals surface area contributed by atoms with Crippen LogP contribution in [0.1, 0.15) is 28.9 Å². The predicted octanol–water partition coefficient (Wildman–Crippen LogP) is 3.33. The van der Waals surface area contributed by atoms with Crippen molar-refractivity contribution in [3.05, 3.63) is 35.3 Å². The number of ether oxygens (including phenoxy) is 1. The zero-order chi connectivity index (χ0) is 18.3. The number of hydrogen-bond acceptors (Lipinski definition) is 5. The Kier molecular flexibility index (Phi) is 4.36. The number of nitrogens with one attached hydrogen (secondary N) is 2. The summed E-state index contributed by atoms with van der Waals surface area (Å²) in [5.41, 5.74) is 0.630. The Morgan fingerprint density at radius 1 is 1.27 bits per heavy atom. The van der Waals surface area contributed by atoms with Gasteiger partial charge in [-0.2, -0.15) is 0 Å². The number of fused-ring (bicyclic) bond motifs is 2. The number of rotatable bonds is 4. The van der Waals surface area contributed by atoms with Crippen LogP contribution in [0.3, 0.4) is 0 Å². The largest absolute Gasteiger partial charge is 0.573 e. The first-order chi connectivity index (χ1) is 12.4. The summed E-state index contributed by atoms with van der Waals surface area (Å²) in [4.78, 5) is 17.1. The summed E-state index contributed by atoms with van der Waals surface area (Å²) in [7, 11) is 0. The van der Waals surface area contributed by atoms with Crippen LogP contribution < -0.4 is 15.4 Å². The fourth-order valence-corrected chi connectivity index (χ4v) is 4.36. The van der Waals surface area contributed by atoms with Gasteiger partial charge in [-0.3, -0.25) is 4.79 Å². The molecule has 5 nitrogen and oxygen atoms in total. The SMILES string of the molecule is O=C(N[C@@H]1C[C@H]2CC[C@@H]1N2)c1cnc(-c2ccc(OC(F)(F)F)cc2)s1. The minimum atomic E-state index is -4.72. The number of aromatic nitrogens is 1. The molecule has 0 saturated carbocycles. The van der Waals surface area contributed by atoms with Crippen molar-refractivity contribution in [1.82, 2.24) is 15.6 Å². The number of halogens is 3. The van der Waals surface area contributed by atoms with Gasteiger partial charge in [0.15, 0.2) is 0 Å². The van der Waals surface area contributed by atoms with E-state index in [9.17, 15) is 18.0 Å². The fourth-order valence-electron chi connectivity index (χ4n) is 3.53. The van der Waals surface area contributed by atoms with Crippen molar-refractivity contribution in [2.24, 2.45) is 0 Å². The van der Waals surface area contributed by atoms with Crippen LogP contribution in [0.25, 0.3) is 10.6 Å². The van der Waals surface area contributed by atoms with Crippen LogP contribution in [0.4, 0.5) is 13.2 Å². The van der Waals surface area contributed by atoms with E-state index in [1.54, 1.807) is 0 Å². The molecular formula is C17H16F3N3O2S. The average Bonchev–Trinajstić information content (AvgIpc) is 3.30. The second kappa shape index (κ2) is 6.55. The highest BCUT2D eigenvalue weighted by molar-refractivity contribution is 7.16. The summed E-state index contributed by atoms with van der Waals surface area (Å²) >= 11 is 1.21. The highest BCUT2D eigenvalue weighted by Gasteiger charge is 2.39. The van der Waals surface area contributed by atoms with Crippen molar-refractivity contribution in [2.75, 3.05) is 0 Å². The van der Waals surface area contributed by atoms with Gasteiger partial charge < -0.3 is 15.4 Å². The van der Waals surface area contributed by atoms with Crippen molar-refractivity contribution in [3.8, 4) is 16.3 Å². The summed E-state index contributed by atoms with van der Waals surface area (Å²) in [6, 6.07) is 6.42. The summed E-state index contributed by atoms with van der Waals surface area (Å²) in [6.45, 7) is 0. The van der Waals surface area contributed by atoms with E-state index < -0.39 is 6.36 Å². The molecule has 1 amide bonds. The first-order valence-corrected chi connectivity index (χ1v) is 9.08. The number of carbonyl (C=O) groups is 1. The molecule has 138 valence electrons. The van der Waals surface area contributed by atoms with Gasteiger partial charge in [0.2, 0.25) is 0 Å². The number of carbonyl (C=O) groups excluding carboxylic acids is 1. The monoisotopic (exact) mass is 383 g/mol. The van der Waals surface area contributed by atoms with E-state index in [1.165, 1.54) is 41.8 Å². The summed E-state index contributed by atoms with van der Waals surface area (Å²) in [5.74, 6) is -0.454. The molecule has 2 aromatic rings. The second-order valence-corrected chi connectivity index (χ2v) is 7.50. The molecule has 2 aliphatic heterocycles. The Bertz CT molecular complexity index is 806. The van der Waals surface area contributed by atoms with Crippen molar-refractivity contribution >= 4 is 17.2 Å². The second-order valence-electron chi connectivity index (χ2n) is 6.46. The molecule has 0 unspecified atom stereocenters.